The molecule has 1 aliphatic rings. The van der Waals surface area contributed by atoms with Crippen molar-refractivity contribution in [3.63, 3.8) is 0 Å². The van der Waals surface area contributed by atoms with Crippen LogP contribution in [0.5, 0.6) is 0 Å². The van der Waals surface area contributed by atoms with E-state index in [9.17, 15) is 0 Å². The molecular formula is C14H26N4O. The van der Waals surface area contributed by atoms with E-state index in [1.54, 1.807) is 6.26 Å². The third kappa shape index (κ3) is 3.48. The van der Waals surface area contributed by atoms with Crippen LogP contribution in [0.3, 0.4) is 0 Å². The van der Waals surface area contributed by atoms with Gasteiger partial charge in [-0.2, -0.15) is 4.98 Å². The molecule has 0 atom stereocenters. The molecule has 0 radical (unpaired) electrons. The Morgan fingerprint density at radius 3 is 2.79 bits per heavy atom. The Bertz CT molecular complexity index is 413. The summed E-state index contributed by atoms with van der Waals surface area (Å²) in [6.45, 7) is 12.5. The highest BCUT2D eigenvalue weighted by Crippen LogP contribution is 2.23. The van der Waals surface area contributed by atoms with Crippen molar-refractivity contribution < 1.29 is 4.42 Å². The molecule has 0 spiro atoms. The lowest BCUT2D eigenvalue weighted by molar-refractivity contribution is 0.136. The molecule has 1 N–H and O–H groups in total. The average Bonchev–Trinajstić information content (AvgIpc) is 2.78. The van der Waals surface area contributed by atoms with Gasteiger partial charge in [0.05, 0.1) is 5.69 Å². The van der Waals surface area contributed by atoms with Crippen molar-refractivity contribution in [1.82, 2.24) is 15.2 Å². The first-order valence-corrected chi connectivity index (χ1v) is 7.02. The summed E-state index contributed by atoms with van der Waals surface area (Å²) in [4.78, 5) is 9.19. The van der Waals surface area contributed by atoms with Gasteiger partial charge in [0.25, 0.3) is 6.01 Å². The third-order valence-corrected chi connectivity index (χ3v) is 3.82. The summed E-state index contributed by atoms with van der Waals surface area (Å²) in [5, 5.41) is 3.35. The van der Waals surface area contributed by atoms with E-state index in [2.05, 4.69) is 54.8 Å². The van der Waals surface area contributed by atoms with Gasteiger partial charge >= 0.3 is 0 Å². The molecule has 5 nitrogen and oxygen atoms in total. The number of oxazole rings is 1. The Morgan fingerprint density at radius 1 is 1.42 bits per heavy atom. The number of piperazine rings is 1. The van der Waals surface area contributed by atoms with Crippen molar-refractivity contribution in [3.05, 3.63) is 12.0 Å². The molecule has 5 heteroatoms. The first-order valence-electron chi connectivity index (χ1n) is 7.02. The van der Waals surface area contributed by atoms with Gasteiger partial charge in [-0.1, -0.05) is 13.8 Å². The Kier molecular flexibility index (Phi) is 4.16. The molecule has 2 heterocycles. The smallest absolute Gasteiger partial charge is 0.297 e. The van der Waals surface area contributed by atoms with Gasteiger partial charge in [0.1, 0.15) is 6.26 Å². The normalized spacial score (nSPS) is 20.2. The van der Waals surface area contributed by atoms with E-state index in [1.807, 2.05) is 0 Å². The van der Waals surface area contributed by atoms with Crippen molar-refractivity contribution >= 4 is 6.01 Å². The number of rotatable bonds is 4. The summed E-state index contributed by atoms with van der Waals surface area (Å²) in [6.07, 6.45) is 1.76. The van der Waals surface area contributed by atoms with Crippen LogP contribution < -0.4 is 10.2 Å². The van der Waals surface area contributed by atoms with E-state index in [4.69, 9.17) is 4.42 Å². The van der Waals surface area contributed by atoms with Crippen LogP contribution in [0.2, 0.25) is 0 Å². The molecule has 0 saturated carbocycles. The van der Waals surface area contributed by atoms with E-state index in [0.29, 0.717) is 6.04 Å². The summed E-state index contributed by atoms with van der Waals surface area (Å²) in [6, 6.07) is 1.21. The van der Waals surface area contributed by atoms with E-state index in [1.165, 1.54) is 0 Å². The highest BCUT2D eigenvalue weighted by Gasteiger charge is 2.32. The number of nitrogens with zero attached hydrogens (tertiary/aromatic N) is 3. The fourth-order valence-electron chi connectivity index (χ4n) is 2.23. The summed E-state index contributed by atoms with van der Waals surface area (Å²) in [5.74, 6) is 0. The second-order valence-electron chi connectivity index (χ2n) is 6.31. The van der Waals surface area contributed by atoms with Crippen LogP contribution >= 0.6 is 0 Å². The minimum absolute atomic E-state index is 0.156. The third-order valence-electron chi connectivity index (χ3n) is 3.82. The Balaban J connectivity index is 1.99. The lowest BCUT2D eigenvalue weighted by atomic mass is 10.0. The van der Waals surface area contributed by atoms with Crippen LogP contribution in [0.1, 0.15) is 33.4 Å². The number of anilines is 1. The number of hydrogen-bond donors (Lipinski definition) is 1. The zero-order chi connectivity index (χ0) is 14.0. The molecule has 19 heavy (non-hydrogen) atoms. The SMILES string of the molecule is CC(C)NCc1coc(N2CCN(C)C(C)(C)C2)n1. The fourth-order valence-corrected chi connectivity index (χ4v) is 2.23. The lowest BCUT2D eigenvalue weighted by Gasteiger charge is -2.44. The highest BCUT2D eigenvalue weighted by atomic mass is 16.4. The van der Waals surface area contributed by atoms with Gasteiger partial charge in [-0.3, -0.25) is 4.90 Å². The Hall–Kier alpha value is -1.07. The largest absolute Gasteiger partial charge is 0.432 e. The number of hydrogen-bond acceptors (Lipinski definition) is 5. The minimum atomic E-state index is 0.156. The second kappa shape index (κ2) is 5.51. The standard InChI is InChI=1S/C14H26N4O/c1-11(2)15-8-12-9-19-13(16-12)18-7-6-17(5)14(3,4)10-18/h9,11,15H,6-8,10H2,1-5H3. The average molecular weight is 266 g/mol. The molecule has 0 aliphatic carbocycles. The molecule has 1 aromatic rings. The maximum absolute atomic E-state index is 5.62. The van der Waals surface area contributed by atoms with Crippen molar-refractivity contribution in [2.75, 3.05) is 31.6 Å². The van der Waals surface area contributed by atoms with Crippen LogP contribution in [-0.4, -0.2) is 48.1 Å². The molecule has 1 aliphatic heterocycles. The number of aromatic nitrogens is 1. The minimum Gasteiger partial charge on any atom is -0.432 e. The van der Waals surface area contributed by atoms with Crippen LogP contribution in [0.15, 0.2) is 10.7 Å². The van der Waals surface area contributed by atoms with E-state index < -0.39 is 0 Å². The van der Waals surface area contributed by atoms with E-state index in [-0.39, 0.29) is 5.54 Å². The molecule has 108 valence electrons. The summed E-state index contributed by atoms with van der Waals surface area (Å²) < 4.78 is 5.62. The first-order chi connectivity index (χ1) is 8.88. The van der Waals surface area contributed by atoms with Crippen molar-refractivity contribution in [2.24, 2.45) is 0 Å². The van der Waals surface area contributed by atoms with Gasteiger partial charge in [0.2, 0.25) is 0 Å². The maximum atomic E-state index is 5.62. The van der Waals surface area contributed by atoms with E-state index in [0.717, 1.165) is 37.9 Å². The molecule has 1 aromatic heterocycles. The molecule has 0 aromatic carbocycles. The van der Waals surface area contributed by atoms with Gasteiger partial charge < -0.3 is 14.6 Å². The van der Waals surface area contributed by atoms with Gasteiger partial charge in [-0.25, -0.2) is 0 Å². The predicted octanol–water partition coefficient (Wildman–Crippen LogP) is 1.70. The van der Waals surface area contributed by atoms with Crippen molar-refractivity contribution in [1.29, 1.82) is 0 Å². The fraction of sp³-hybridized carbons (Fsp3) is 0.786. The molecular weight excluding hydrogens is 240 g/mol. The Labute approximate surface area is 116 Å². The molecule has 0 unspecified atom stereocenters. The topological polar surface area (TPSA) is 44.5 Å². The summed E-state index contributed by atoms with van der Waals surface area (Å²) in [7, 11) is 2.17. The monoisotopic (exact) mass is 266 g/mol. The van der Waals surface area contributed by atoms with Crippen LogP contribution in [0.25, 0.3) is 0 Å². The molecule has 1 fully saturated rings. The highest BCUT2D eigenvalue weighted by molar-refractivity contribution is 5.29. The zero-order valence-corrected chi connectivity index (χ0v) is 12.7. The Morgan fingerprint density at radius 2 is 2.16 bits per heavy atom. The maximum Gasteiger partial charge on any atom is 0.297 e. The van der Waals surface area contributed by atoms with Gasteiger partial charge in [0, 0.05) is 37.8 Å². The summed E-state index contributed by atoms with van der Waals surface area (Å²) in [5.41, 5.74) is 1.13. The van der Waals surface area contributed by atoms with Crippen molar-refractivity contribution in [2.45, 2.75) is 45.8 Å². The molecule has 2 rings (SSSR count). The first kappa shape index (κ1) is 14.3. The van der Waals surface area contributed by atoms with E-state index >= 15 is 0 Å². The second-order valence-corrected chi connectivity index (χ2v) is 6.31. The number of likely N-dealkylation sites (N-methyl/N-ethyl adjacent to an activating group) is 1. The zero-order valence-electron chi connectivity index (χ0n) is 12.7. The summed E-state index contributed by atoms with van der Waals surface area (Å²) >= 11 is 0. The molecule has 0 amide bonds. The van der Waals surface area contributed by atoms with Crippen LogP contribution in [0, 0.1) is 0 Å². The van der Waals surface area contributed by atoms with Gasteiger partial charge in [-0.05, 0) is 20.9 Å². The predicted molar refractivity (Wildman–Crippen MR) is 77.4 cm³/mol. The lowest BCUT2D eigenvalue weighted by Crippen LogP contribution is -2.57. The van der Waals surface area contributed by atoms with Crippen LogP contribution in [-0.2, 0) is 6.54 Å². The number of nitrogens with one attached hydrogen (secondary N) is 1. The quantitative estimate of drug-likeness (QED) is 0.898. The van der Waals surface area contributed by atoms with Crippen LogP contribution in [0.4, 0.5) is 6.01 Å². The van der Waals surface area contributed by atoms with Crippen molar-refractivity contribution in [3.8, 4) is 0 Å². The molecule has 0 bridgehead atoms. The van der Waals surface area contributed by atoms with Gasteiger partial charge in [-0.15, -0.1) is 0 Å². The van der Waals surface area contributed by atoms with Gasteiger partial charge in [0.15, 0.2) is 0 Å². The molecule has 1 saturated heterocycles.